The smallest absolute Gasteiger partial charge is 0.191 e. The zero-order valence-corrected chi connectivity index (χ0v) is 9.65. The largest absolute Gasteiger partial charge is 0.381 e. The van der Waals surface area contributed by atoms with Crippen LogP contribution in [0, 0.1) is 5.82 Å². The van der Waals surface area contributed by atoms with Crippen LogP contribution in [0.4, 0.5) is 10.2 Å². The lowest BCUT2D eigenvalue weighted by Crippen LogP contribution is -1.99. The molecule has 0 unspecified atom stereocenters. The molecule has 0 fully saturated rings. The van der Waals surface area contributed by atoms with Crippen LogP contribution in [0.2, 0.25) is 0 Å². The molecule has 0 bridgehead atoms. The number of nitrogens with zero attached hydrogens (tertiary/aromatic N) is 2. The highest BCUT2D eigenvalue weighted by atomic mass is 19.1. The van der Waals surface area contributed by atoms with Gasteiger partial charge in [-0.15, -0.1) is 0 Å². The fourth-order valence-electron chi connectivity index (χ4n) is 1.70. The van der Waals surface area contributed by atoms with E-state index < -0.39 is 5.82 Å². The minimum Gasteiger partial charge on any atom is -0.381 e. The molecular formula is C13H14FN3. The molecule has 1 aromatic carbocycles. The highest BCUT2D eigenvalue weighted by Crippen LogP contribution is 2.22. The van der Waals surface area contributed by atoms with E-state index in [2.05, 4.69) is 16.9 Å². The summed E-state index contributed by atoms with van der Waals surface area (Å²) in [5.41, 5.74) is 7.61. The van der Waals surface area contributed by atoms with Gasteiger partial charge in [-0.05, 0) is 12.0 Å². The normalized spacial score (nSPS) is 10.5. The first-order chi connectivity index (χ1) is 8.22. The summed E-state index contributed by atoms with van der Waals surface area (Å²) >= 11 is 0. The molecule has 0 aliphatic rings. The van der Waals surface area contributed by atoms with Gasteiger partial charge in [-0.1, -0.05) is 37.6 Å². The van der Waals surface area contributed by atoms with E-state index in [4.69, 9.17) is 5.73 Å². The van der Waals surface area contributed by atoms with Gasteiger partial charge in [0.05, 0.1) is 0 Å². The second-order valence-electron chi connectivity index (χ2n) is 3.87. The summed E-state index contributed by atoms with van der Waals surface area (Å²) in [5.74, 6) is -0.677. The van der Waals surface area contributed by atoms with Gasteiger partial charge in [-0.25, -0.2) is 14.4 Å². The molecule has 0 saturated carbocycles. The lowest BCUT2D eigenvalue weighted by atomic mass is 10.1. The number of benzene rings is 1. The van der Waals surface area contributed by atoms with Crippen LogP contribution in [0.25, 0.3) is 11.3 Å². The lowest BCUT2D eigenvalue weighted by Gasteiger charge is -2.05. The van der Waals surface area contributed by atoms with Crippen molar-refractivity contribution in [2.24, 2.45) is 0 Å². The number of aromatic nitrogens is 2. The monoisotopic (exact) mass is 231 g/mol. The minimum atomic E-state index is -0.559. The standard InChI is InChI=1S/C13H14FN3/c1-2-3-9-4-6-10(7-5-9)12-11(14)13(15)17-8-16-12/h4-8H,2-3H2,1H3,(H2,15,16,17). The fourth-order valence-corrected chi connectivity index (χ4v) is 1.70. The van der Waals surface area contributed by atoms with Crippen molar-refractivity contribution in [2.45, 2.75) is 19.8 Å². The summed E-state index contributed by atoms with van der Waals surface area (Å²) in [6, 6.07) is 7.68. The van der Waals surface area contributed by atoms with E-state index in [0.717, 1.165) is 18.4 Å². The zero-order chi connectivity index (χ0) is 12.3. The number of anilines is 1. The molecule has 0 atom stereocenters. The molecule has 0 amide bonds. The van der Waals surface area contributed by atoms with Gasteiger partial charge in [0, 0.05) is 5.56 Å². The van der Waals surface area contributed by atoms with Gasteiger partial charge >= 0.3 is 0 Å². The number of hydrogen-bond acceptors (Lipinski definition) is 3. The molecule has 88 valence electrons. The molecular weight excluding hydrogens is 217 g/mol. The van der Waals surface area contributed by atoms with Gasteiger partial charge in [-0.2, -0.15) is 0 Å². The number of nitrogens with two attached hydrogens (primary N) is 1. The average Bonchev–Trinajstić information content (AvgIpc) is 2.34. The van der Waals surface area contributed by atoms with Gasteiger partial charge in [0.2, 0.25) is 0 Å². The van der Waals surface area contributed by atoms with Crippen molar-refractivity contribution >= 4 is 5.82 Å². The van der Waals surface area contributed by atoms with E-state index in [9.17, 15) is 4.39 Å². The summed E-state index contributed by atoms with van der Waals surface area (Å²) in [4.78, 5) is 7.52. The molecule has 2 N–H and O–H groups in total. The second kappa shape index (κ2) is 4.91. The van der Waals surface area contributed by atoms with E-state index in [1.165, 1.54) is 11.9 Å². The minimum absolute atomic E-state index is 0.118. The summed E-state index contributed by atoms with van der Waals surface area (Å²) in [6.45, 7) is 2.12. The quantitative estimate of drug-likeness (QED) is 0.883. The zero-order valence-electron chi connectivity index (χ0n) is 9.65. The molecule has 0 spiro atoms. The Labute approximate surface area is 99.5 Å². The maximum absolute atomic E-state index is 13.7. The molecule has 1 aromatic heterocycles. The molecule has 2 rings (SSSR count). The highest BCUT2D eigenvalue weighted by Gasteiger charge is 2.10. The Kier molecular flexibility index (Phi) is 3.32. The Hall–Kier alpha value is -1.97. The number of halogens is 1. The van der Waals surface area contributed by atoms with E-state index in [1.807, 2.05) is 24.3 Å². The Morgan fingerprint density at radius 3 is 2.53 bits per heavy atom. The summed E-state index contributed by atoms with van der Waals surface area (Å²) < 4.78 is 13.7. The van der Waals surface area contributed by atoms with Crippen LogP contribution in [0.3, 0.4) is 0 Å². The number of aryl methyl sites for hydroxylation is 1. The predicted octanol–water partition coefficient (Wildman–Crippen LogP) is 2.82. The van der Waals surface area contributed by atoms with Crippen molar-refractivity contribution in [2.75, 3.05) is 5.73 Å². The van der Waals surface area contributed by atoms with Crippen molar-refractivity contribution in [3.63, 3.8) is 0 Å². The molecule has 17 heavy (non-hydrogen) atoms. The molecule has 4 heteroatoms. The molecule has 0 aliphatic heterocycles. The highest BCUT2D eigenvalue weighted by molar-refractivity contribution is 5.62. The van der Waals surface area contributed by atoms with Crippen molar-refractivity contribution in [3.8, 4) is 11.3 Å². The van der Waals surface area contributed by atoms with E-state index >= 15 is 0 Å². The molecule has 0 saturated heterocycles. The third-order valence-corrected chi connectivity index (χ3v) is 2.58. The Bertz CT molecular complexity index is 509. The van der Waals surface area contributed by atoms with Crippen molar-refractivity contribution in [1.82, 2.24) is 9.97 Å². The van der Waals surface area contributed by atoms with E-state index in [0.29, 0.717) is 0 Å². The van der Waals surface area contributed by atoms with Crippen LogP contribution in [-0.4, -0.2) is 9.97 Å². The van der Waals surface area contributed by atoms with Crippen LogP contribution in [0.1, 0.15) is 18.9 Å². The van der Waals surface area contributed by atoms with E-state index in [-0.39, 0.29) is 11.5 Å². The first kappa shape index (κ1) is 11.5. The van der Waals surface area contributed by atoms with Crippen LogP contribution >= 0.6 is 0 Å². The topological polar surface area (TPSA) is 51.8 Å². The molecule has 1 heterocycles. The Morgan fingerprint density at radius 2 is 1.88 bits per heavy atom. The first-order valence-electron chi connectivity index (χ1n) is 5.57. The first-order valence-corrected chi connectivity index (χ1v) is 5.57. The van der Waals surface area contributed by atoms with Gasteiger partial charge in [0.15, 0.2) is 11.6 Å². The average molecular weight is 231 g/mol. The molecule has 3 nitrogen and oxygen atoms in total. The second-order valence-corrected chi connectivity index (χ2v) is 3.87. The number of hydrogen-bond donors (Lipinski definition) is 1. The molecule has 0 aliphatic carbocycles. The van der Waals surface area contributed by atoms with Crippen molar-refractivity contribution in [3.05, 3.63) is 42.0 Å². The molecule has 2 aromatic rings. The third-order valence-electron chi connectivity index (χ3n) is 2.58. The lowest BCUT2D eigenvalue weighted by molar-refractivity contribution is 0.624. The van der Waals surface area contributed by atoms with Crippen molar-refractivity contribution < 1.29 is 4.39 Å². The van der Waals surface area contributed by atoms with Gasteiger partial charge < -0.3 is 5.73 Å². The van der Waals surface area contributed by atoms with Gasteiger partial charge in [0.25, 0.3) is 0 Å². The maximum Gasteiger partial charge on any atom is 0.191 e. The van der Waals surface area contributed by atoms with Crippen LogP contribution in [0.5, 0.6) is 0 Å². The van der Waals surface area contributed by atoms with E-state index in [1.54, 1.807) is 0 Å². The van der Waals surface area contributed by atoms with Crippen LogP contribution in [0.15, 0.2) is 30.6 Å². The fraction of sp³-hybridized carbons (Fsp3) is 0.231. The summed E-state index contributed by atoms with van der Waals surface area (Å²) in [5, 5.41) is 0. The molecule has 0 radical (unpaired) electrons. The maximum atomic E-state index is 13.7. The Morgan fingerprint density at radius 1 is 1.18 bits per heavy atom. The summed E-state index contributed by atoms with van der Waals surface area (Å²) in [6.07, 6.45) is 3.39. The van der Waals surface area contributed by atoms with Gasteiger partial charge in [-0.3, -0.25) is 0 Å². The number of nitrogen functional groups attached to an aromatic ring is 1. The van der Waals surface area contributed by atoms with Crippen LogP contribution in [-0.2, 0) is 6.42 Å². The van der Waals surface area contributed by atoms with Crippen LogP contribution < -0.4 is 5.73 Å². The van der Waals surface area contributed by atoms with Crippen molar-refractivity contribution in [1.29, 1.82) is 0 Å². The summed E-state index contributed by atoms with van der Waals surface area (Å²) in [7, 11) is 0. The Balaban J connectivity index is 2.36. The number of rotatable bonds is 3. The third kappa shape index (κ3) is 2.41. The SMILES string of the molecule is CCCc1ccc(-c2ncnc(N)c2F)cc1. The predicted molar refractivity (Wildman–Crippen MR) is 65.8 cm³/mol. The van der Waals surface area contributed by atoms with Gasteiger partial charge in [0.1, 0.15) is 12.0 Å².